The normalized spacial score (nSPS) is 16.2. The molecule has 0 spiro atoms. The molecule has 18 heavy (non-hydrogen) atoms. The summed E-state index contributed by atoms with van der Waals surface area (Å²) >= 11 is 0. The molecule has 0 atom stereocenters. The van der Waals surface area contributed by atoms with E-state index in [2.05, 4.69) is 11.0 Å². The second-order valence-electron chi connectivity index (χ2n) is 4.24. The van der Waals surface area contributed by atoms with Crippen LogP contribution in [0, 0.1) is 17.0 Å². The van der Waals surface area contributed by atoms with Crippen molar-refractivity contribution in [3.05, 3.63) is 45.6 Å². The first-order valence-corrected chi connectivity index (χ1v) is 5.92. The molecule has 1 aliphatic rings. The highest BCUT2D eigenvalue weighted by Crippen LogP contribution is 2.21. The maximum atomic E-state index is 10.3. The summed E-state index contributed by atoms with van der Waals surface area (Å²) in [6.45, 7) is 5.25. The minimum Gasteiger partial charge on any atom is -0.378 e. The highest BCUT2D eigenvalue weighted by atomic mass is 16.6. The van der Waals surface area contributed by atoms with E-state index in [-0.39, 0.29) is 0 Å². The van der Waals surface area contributed by atoms with Gasteiger partial charge in [0.05, 0.1) is 18.1 Å². The zero-order valence-electron chi connectivity index (χ0n) is 10.3. The van der Waals surface area contributed by atoms with Gasteiger partial charge in [0.2, 0.25) is 6.20 Å². The molecule has 1 saturated heterocycles. The Morgan fingerprint density at radius 3 is 2.72 bits per heavy atom. The largest absolute Gasteiger partial charge is 0.378 e. The van der Waals surface area contributed by atoms with Gasteiger partial charge in [-0.25, -0.2) is 0 Å². The summed E-state index contributed by atoms with van der Waals surface area (Å²) in [4.78, 5) is 12.1. The van der Waals surface area contributed by atoms with Gasteiger partial charge in [0.1, 0.15) is 0 Å². The SMILES string of the molecule is Cc1cc(N2CCOCC2)ccc1/C=C/[N+](=O)[O-]. The van der Waals surface area contributed by atoms with E-state index in [0.29, 0.717) is 0 Å². The summed E-state index contributed by atoms with van der Waals surface area (Å²) in [7, 11) is 0. The topological polar surface area (TPSA) is 55.6 Å². The number of hydrogen-bond acceptors (Lipinski definition) is 4. The lowest BCUT2D eigenvalue weighted by atomic mass is 10.1. The minimum atomic E-state index is -0.449. The Morgan fingerprint density at radius 1 is 1.39 bits per heavy atom. The molecule has 0 saturated carbocycles. The number of morpholine rings is 1. The van der Waals surface area contributed by atoms with Gasteiger partial charge in [0, 0.05) is 24.9 Å². The summed E-state index contributed by atoms with van der Waals surface area (Å²) in [5.41, 5.74) is 3.06. The molecule has 1 fully saturated rings. The van der Waals surface area contributed by atoms with Crippen LogP contribution >= 0.6 is 0 Å². The average molecular weight is 248 g/mol. The zero-order chi connectivity index (χ0) is 13.0. The van der Waals surface area contributed by atoms with E-state index in [0.717, 1.165) is 49.3 Å². The zero-order valence-corrected chi connectivity index (χ0v) is 10.3. The Kier molecular flexibility index (Phi) is 3.94. The molecule has 2 rings (SSSR count). The molecule has 5 nitrogen and oxygen atoms in total. The lowest BCUT2D eigenvalue weighted by molar-refractivity contribution is -0.400. The molecule has 0 amide bonds. The molecular formula is C13H16N2O3. The average Bonchev–Trinajstić information content (AvgIpc) is 2.38. The first kappa shape index (κ1) is 12.6. The van der Waals surface area contributed by atoms with Gasteiger partial charge < -0.3 is 9.64 Å². The van der Waals surface area contributed by atoms with Crippen molar-refractivity contribution >= 4 is 11.8 Å². The van der Waals surface area contributed by atoms with E-state index < -0.39 is 4.92 Å². The van der Waals surface area contributed by atoms with Crippen LogP contribution in [0.5, 0.6) is 0 Å². The molecule has 0 radical (unpaired) electrons. The number of aryl methyl sites for hydroxylation is 1. The lowest BCUT2D eigenvalue weighted by Crippen LogP contribution is -2.36. The van der Waals surface area contributed by atoms with E-state index in [4.69, 9.17) is 4.74 Å². The van der Waals surface area contributed by atoms with Gasteiger partial charge in [-0.15, -0.1) is 0 Å². The molecule has 96 valence electrons. The summed E-state index contributed by atoms with van der Waals surface area (Å²) in [6, 6.07) is 5.98. The van der Waals surface area contributed by atoms with Gasteiger partial charge in [-0.1, -0.05) is 6.07 Å². The van der Waals surface area contributed by atoms with Gasteiger partial charge in [0.15, 0.2) is 0 Å². The van der Waals surface area contributed by atoms with Crippen molar-refractivity contribution in [2.45, 2.75) is 6.92 Å². The van der Waals surface area contributed by atoms with Crippen LogP contribution in [0.3, 0.4) is 0 Å². The fraction of sp³-hybridized carbons (Fsp3) is 0.385. The fourth-order valence-electron chi connectivity index (χ4n) is 2.01. The van der Waals surface area contributed by atoms with Gasteiger partial charge in [-0.2, -0.15) is 0 Å². The molecule has 1 aromatic carbocycles. The molecule has 0 unspecified atom stereocenters. The second-order valence-corrected chi connectivity index (χ2v) is 4.24. The van der Waals surface area contributed by atoms with Gasteiger partial charge >= 0.3 is 0 Å². The quantitative estimate of drug-likeness (QED) is 0.607. The van der Waals surface area contributed by atoms with Crippen LogP contribution in [0.1, 0.15) is 11.1 Å². The van der Waals surface area contributed by atoms with Crippen LogP contribution in [0.4, 0.5) is 5.69 Å². The van der Waals surface area contributed by atoms with Crippen molar-refractivity contribution in [2.75, 3.05) is 31.2 Å². The molecule has 0 N–H and O–H groups in total. The van der Waals surface area contributed by atoms with Crippen molar-refractivity contribution in [3.63, 3.8) is 0 Å². The smallest absolute Gasteiger partial charge is 0.235 e. The van der Waals surface area contributed by atoms with Gasteiger partial charge in [0.25, 0.3) is 0 Å². The summed E-state index contributed by atoms with van der Waals surface area (Å²) in [5.74, 6) is 0. The fourth-order valence-corrected chi connectivity index (χ4v) is 2.01. The Bertz CT molecular complexity index is 465. The molecule has 1 heterocycles. The number of hydrogen-bond donors (Lipinski definition) is 0. The highest BCUT2D eigenvalue weighted by Gasteiger charge is 2.11. The molecular weight excluding hydrogens is 232 g/mol. The first-order chi connectivity index (χ1) is 8.66. The van der Waals surface area contributed by atoms with E-state index in [1.807, 2.05) is 19.1 Å². The monoisotopic (exact) mass is 248 g/mol. The Morgan fingerprint density at radius 2 is 2.11 bits per heavy atom. The molecule has 5 heteroatoms. The standard InChI is InChI=1S/C13H16N2O3/c1-11-10-13(14-6-8-18-9-7-14)3-2-12(11)4-5-15(16)17/h2-5,10H,6-9H2,1H3/b5-4+. The van der Waals surface area contributed by atoms with Crippen molar-refractivity contribution < 1.29 is 9.66 Å². The van der Waals surface area contributed by atoms with Crippen LogP contribution in [0.2, 0.25) is 0 Å². The Balaban J connectivity index is 2.16. The van der Waals surface area contributed by atoms with Crippen LogP contribution in [-0.4, -0.2) is 31.2 Å². The van der Waals surface area contributed by atoms with Crippen LogP contribution in [-0.2, 0) is 4.74 Å². The van der Waals surface area contributed by atoms with E-state index in [9.17, 15) is 10.1 Å². The molecule has 0 aromatic heterocycles. The summed E-state index contributed by atoms with van der Waals surface area (Å²) < 4.78 is 5.31. The second kappa shape index (κ2) is 5.64. The number of anilines is 1. The van der Waals surface area contributed by atoms with Crippen LogP contribution in [0.15, 0.2) is 24.4 Å². The number of nitrogens with zero attached hydrogens (tertiary/aromatic N) is 2. The van der Waals surface area contributed by atoms with Crippen molar-refractivity contribution in [3.8, 4) is 0 Å². The van der Waals surface area contributed by atoms with Crippen LogP contribution in [0.25, 0.3) is 6.08 Å². The summed E-state index contributed by atoms with van der Waals surface area (Å²) in [5, 5.41) is 10.3. The Labute approximate surface area is 106 Å². The first-order valence-electron chi connectivity index (χ1n) is 5.92. The number of nitro groups is 1. The van der Waals surface area contributed by atoms with Crippen molar-refractivity contribution in [2.24, 2.45) is 0 Å². The lowest BCUT2D eigenvalue weighted by Gasteiger charge is -2.29. The van der Waals surface area contributed by atoms with Crippen LogP contribution < -0.4 is 4.90 Å². The highest BCUT2D eigenvalue weighted by molar-refractivity contribution is 5.59. The Hall–Kier alpha value is -1.88. The number of rotatable bonds is 3. The third-order valence-electron chi connectivity index (χ3n) is 3.01. The predicted octanol–water partition coefficient (Wildman–Crippen LogP) is 2.08. The van der Waals surface area contributed by atoms with Gasteiger partial charge in [-0.3, -0.25) is 10.1 Å². The third-order valence-corrected chi connectivity index (χ3v) is 3.01. The maximum Gasteiger partial charge on any atom is 0.235 e. The van der Waals surface area contributed by atoms with E-state index in [1.165, 1.54) is 6.08 Å². The van der Waals surface area contributed by atoms with E-state index in [1.54, 1.807) is 0 Å². The molecule has 0 bridgehead atoms. The molecule has 1 aliphatic heterocycles. The summed E-state index contributed by atoms with van der Waals surface area (Å²) in [6.07, 6.45) is 2.50. The van der Waals surface area contributed by atoms with Crippen molar-refractivity contribution in [1.29, 1.82) is 0 Å². The van der Waals surface area contributed by atoms with Crippen molar-refractivity contribution in [1.82, 2.24) is 0 Å². The maximum absolute atomic E-state index is 10.3. The minimum absolute atomic E-state index is 0.449. The number of benzene rings is 1. The predicted molar refractivity (Wildman–Crippen MR) is 70.2 cm³/mol. The van der Waals surface area contributed by atoms with Gasteiger partial charge in [-0.05, 0) is 30.2 Å². The molecule has 1 aromatic rings. The third kappa shape index (κ3) is 3.07. The molecule has 0 aliphatic carbocycles. The number of ether oxygens (including phenoxy) is 1. The van der Waals surface area contributed by atoms with E-state index >= 15 is 0 Å².